The molecule has 0 bridgehead atoms. The van der Waals surface area contributed by atoms with Gasteiger partial charge in [-0.15, -0.1) is 11.3 Å². The van der Waals surface area contributed by atoms with Crippen LogP contribution >= 0.6 is 11.3 Å². The molecule has 3 aromatic rings. The molecule has 0 aromatic carbocycles. The number of anilines is 1. The molecule has 1 N–H and O–H groups in total. The van der Waals surface area contributed by atoms with Crippen LogP contribution in [0.4, 0.5) is 5.13 Å². The van der Waals surface area contributed by atoms with E-state index in [4.69, 9.17) is 9.72 Å². The summed E-state index contributed by atoms with van der Waals surface area (Å²) in [6.07, 6.45) is 1.73. The topological polar surface area (TPSA) is 85.2 Å². The minimum absolute atomic E-state index is 0.162. The van der Waals surface area contributed by atoms with Gasteiger partial charge in [0, 0.05) is 36.8 Å². The number of hydrogen-bond acceptors (Lipinski definition) is 7. The highest BCUT2D eigenvalue weighted by Gasteiger charge is 2.20. The summed E-state index contributed by atoms with van der Waals surface area (Å²) in [5, 5.41) is 10.8. The van der Waals surface area contributed by atoms with Gasteiger partial charge in [-0.2, -0.15) is 5.10 Å². The zero-order chi connectivity index (χ0) is 21.3. The molecule has 1 amide bonds. The highest BCUT2D eigenvalue weighted by Crippen LogP contribution is 2.26. The summed E-state index contributed by atoms with van der Waals surface area (Å²) >= 11 is 1.45. The fourth-order valence-corrected chi connectivity index (χ4v) is 4.19. The maximum atomic E-state index is 13.1. The van der Waals surface area contributed by atoms with Crippen LogP contribution in [0.1, 0.15) is 61.4 Å². The predicted molar refractivity (Wildman–Crippen MR) is 118 cm³/mol. The van der Waals surface area contributed by atoms with E-state index in [0.717, 1.165) is 55.3 Å². The second-order valence-electron chi connectivity index (χ2n) is 8.16. The molecule has 1 aliphatic rings. The van der Waals surface area contributed by atoms with Crippen molar-refractivity contribution in [1.29, 1.82) is 0 Å². The SMILES string of the molecule is CC(C)c1cc(C(=O)Nc2nc(CN3CCOCC3)cs2)c2cnn(C(C)C)c2n1. The number of hydrogen-bond donors (Lipinski definition) is 1. The summed E-state index contributed by atoms with van der Waals surface area (Å²) in [6.45, 7) is 12.4. The van der Waals surface area contributed by atoms with E-state index in [1.165, 1.54) is 11.3 Å². The summed E-state index contributed by atoms with van der Waals surface area (Å²) in [4.78, 5) is 24.8. The third-order valence-electron chi connectivity index (χ3n) is 5.17. The van der Waals surface area contributed by atoms with Crippen LogP contribution in [0.3, 0.4) is 0 Å². The third-order valence-corrected chi connectivity index (χ3v) is 5.98. The van der Waals surface area contributed by atoms with Gasteiger partial charge in [-0.05, 0) is 25.8 Å². The van der Waals surface area contributed by atoms with Gasteiger partial charge in [0.05, 0.1) is 36.1 Å². The standard InChI is InChI=1S/C21H28N6O2S/c1-13(2)18-9-16(17-10-22-27(14(3)4)19(17)24-18)20(28)25-21-23-15(12-30-21)11-26-5-7-29-8-6-26/h9-10,12-14H,5-8,11H2,1-4H3,(H,23,25,28). The number of pyridine rings is 1. The van der Waals surface area contributed by atoms with E-state index in [1.54, 1.807) is 6.20 Å². The van der Waals surface area contributed by atoms with Gasteiger partial charge in [0.1, 0.15) is 0 Å². The Balaban J connectivity index is 1.57. The second-order valence-corrected chi connectivity index (χ2v) is 9.01. The first-order valence-corrected chi connectivity index (χ1v) is 11.2. The third kappa shape index (κ3) is 4.38. The Labute approximate surface area is 180 Å². The second kappa shape index (κ2) is 8.79. The van der Waals surface area contributed by atoms with Crippen molar-refractivity contribution in [2.75, 3.05) is 31.6 Å². The molecular formula is C21H28N6O2S. The number of aromatic nitrogens is 4. The van der Waals surface area contributed by atoms with Gasteiger partial charge in [-0.1, -0.05) is 13.8 Å². The minimum atomic E-state index is -0.181. The smallest absolute Gasteiger partial charge is 0.258 e. The van der Waals surface area contributed by atoms with E-state index < -0.39 is 0 Å². The van der Waals surface area contributed by atoms with Crippen molar-refractivity contribution >= 4 is 33.4 Å². The summed E-state index contributed by atoms with van der Waals surface area (Å²) in [6, 6.07) is 2.03. The van der Waals surface area contributed by atoms with Crippen molar-refractivity contribution in [2.24, 2.45) is 0 Å². The van der Waals surface area contributed by atoms with Gasteiger partial charge in [-0.3, -0.25) is 15.0 Å². The first-order valence-electron chi connectivity index (χ1n) is 10.4. The van der Waals surface area contributed by atoms with Crippen molar-refractivity contribution in [3.63, 3.8) is 0 Å². The van der Waals surface area contributed by atoms with Crippen LogP contribution in [0.5, 0.6) is 0 Å². The first kappa shape index (κ1) is 20.9. The number of fused-ring (bicyclic) bond motifs is 1. The summed E-state index contributed by atoms with van der Waals surface area (Å²) in [5.41, 5.74) is 3.17. The number of rotatable bonds is 6. The molecule has 8 nitrogen and oxygen atoms in total. The molecule has 4 heterocycles. The Bertz CT molecular complexity index is 1040. The van der Waals surface area contributed by atoms with Gasteiger partial charge in [0.15, 0.2) is 10.8 Å². The fourth-order valence-electron chi connectivity index (χ4n) is 3.49. The largest absolute Gasteiger partial charge is 0.379 e. The van der Waals surface area contributed by atoms with Gasteiger partial charge >= 0.3 is 0 Å². The highest BCUT2D eigenvalue weighted by molar-refractivity contribution is 7.14. The Morgan fingerprint density at radius 1 is 1.23 bits per heavy atom. The lowest BCUT2D eigenvalue weighted by atomic mass is 10.0. The zero-order valence-electron chi connectivity index (χ0n) is 17.9. The molecule has 0 saturated carbocycles. The summed E-state index contributed by atoms with van der Waals surface area (Å²) < 4.78 is 7.26. The molecule has 30 heavy (non-hydrogen) atoms. The van der Waals surface area contributed by atoms with E-state index in [1.807, 2.05) is 16.1 Å². The van der Waals surface area contributed by atoms with Crippen molar-refractivity contribution in [3.8, 4) is 0 Å². The number of carbonyl (C=O) groups is 1. The Morgan fingerprint density at radius 3 is 2.70 bits per heavy atom. The quantitative estimate of drug-likeness (QED) is 0.645. The molecule has 3 aromatic heterocycles. The number of morpholine rings is 1. The molecule has 9 heteroatoms. The van der Waals surface area contributed by atoms with E-state index in [-0.39, 0.29) is 17.9 Å². The van der Waals surface area contributed by atoms with Crippen molar-refractivity contribution in [3.05, 3.63) is 34.6 Å². The number of nitrogens with one attached hydrogen (secondary N) is 1. The van der Waals surface area contributed by atoms with Crippen LogP contribution in [0.2, 0.25) is 0 Å². The molecule has 0 spiro atoms. The number of thiazole rings is 1. The summed E-state index contributed by atoms with van der Waals surface area (Å²) in [5.74, 6) is 0.0244. The van der Waals surface area contributed by atoms with E-state index in [2.05, 4.69) is 48.0 Å². The number of amides is 1. The molecule has 0 aliphatic carbocycles. The van der Waals surface area contributed by atoms with Gasteiger partial charge in [-0.25, -0.2) is 14.6 Å². The van der Waals surface area contributed by atoms with Crippen molar-refractivity contribution in [2.45, 2.75) is 46.2 Å². The fraction of sp³-hybridized carbons (Fsp3) is 0.524. The van der Waals surface area contributed by atoms with E-state index in [0.29, 0.717) is 10.7 Å². The Hall–Kier alpha value is -2.36. The van der Waals surface area contributed by atoms with Crippen LogP contribution in [-0.4, -0.2) is 56.9 Å². The Kier molecular flexibility index (Phi) is 6.12. The molecule has 0 unspecified atom stereocenters. The molecule has 4 rings (SSSR count). The van der Waals surface area contributed by atoms with Gasteiger partial charge in [0.2, 0.25) is 0 Å². The van der Waals surface area contributed by atoms with Crippen molar-refractivity contribution in [1.82, 2.24) is 24.6 Å². The van der Waals surface area contributed by atoms with Crippen LogP contribution in [0, 0.1) is 0 Å². The van der Waals surface area contributed by atoms with E-state index in [9.17, 15) is 4.79 Å². The lowest BCUT2D eigenvalue weighted by Gasteiger charge is -2.25. The normalized spacial score (nSPS) is 15.4. The zero-order valence-corrected chi connectivity index (χ0v) is 18.7. The molecular weight excluding hydrogens is 400 g/mol. The monoisotopic (exact) mass is 428 g/mol. The van der Waals surface area contributed by atoms with Gasteiger partial charge in [0.25, 0.3) is 5.91 Å². The maximum absolute atomic E-state index is 13.1. The molecule has 160 valence electrons. The lowest BCUT2D eigenvalue weighted by Crippen LogP contribution is -2.35. The minimum Gasteiger partial charge on any atom is -0.379 e. The lowest BCUT2D eigenvalue weighted by molar-refractivity contribution is 0.0337. The molecule has 1 fully saturated rings. The number of nitrogens with zero attached hydrogens (tertiary/aromatic N) is 5. The molecule has 0 radical (unpaired) electrons. The number of carbonyl (C=O) groups excluding carboxylic acids is 1. The number of ether oxygens (including phenoxy) is 1. The predicted octanol–water partition coefficient (Wildman–Crippen LogP) is 3.68. The van der Waals surface area contributed by atoms with Crippen LogP contribution in [0.25, 0.3) is 11.0 Å². The van der Waals surface area contributed by atoms with Gasteiger partial charge < -0.3 is 4.74 Å². The molecule has 1 saturated heterocycles. The maximum Gasteiger partial charge on any atom is 0.258 e. The van der Waals surface area contributed by atoms with Crippen LogP contribution in [0.15, 0.2) is 17.6 Å². The van der Waals surface area contributed by atoms with Crippen molar-refractivity contribution < 1.29 is 9.53 Å². The first-order chi connectivity index (χ1) is 14.4. The van der Waals surface area contributed by atoms with E-state index >= 15 is 0 Å². The Morgan fingerprint density at radius 2 is 2.00 bits per heavy atom. The van der Waals surface area contributed by atoms with Crippen LogP contribution in [-0.2, 0) is 11.3 Å². The highest BCUT2D eigenvalue weighted by atomic mass is 32.1. The average molecular weight is 429 g/mol. The summed E-state index contributed by atoms with van der Waals surface area (Å²) in [7, 11) is 0. The average Bonchev–Trinajstić information content (AvgIpc) is 3.34. The molecule has 1 aliphatic heterocycles. The molecule has 0 atom stereocenters. The van der Waals surface area contributed by atoms with Crippen LogP contribution < -0.4 is 5.32 Å².